The zero-order valence-electron chi connectivity index (χ0n) is 18.2. The summed E-state index contributed by atoms with van der Waals surface area (Å²) in [6, 6.07) is 15.7. The molecule has 0 bridgehead atoms. The van der Waals surface area contributed by atoms with E-state index in [4.69, 9.17) is 4.42 Å². The maximum atomic E-state index is 12.2. The van der Waals surface area contributed by atoms with E-state index in [1.807, 2.05) is 56.3 Å². The van der Waals surface area contributed by atoms with Crippen LogP contribution in [0.25, 0.3) is 45.0 Å². The molecule has 0 aliphatic rings. The number of rotatable bonds is 3. The number of imidazole rings is 2. The largest absolute Gasteiger partial charge is 0.457 e. The first kappa shape index (κ1) is 19.6. The zero-order valence-corrected chi connectivity index (χ0v) is 18.2. The molecule has 1 N–H and O–H groups in total. The molecule has 0 atom stereocenters. The van der Waals surface area contributed by atoms with Crippen LogP contribution in [0.1, 0.15) is 22.7 Å². The van der Waals surface area contributed by atoms with Gasteiger partial charge in [-0.05, 0) is 67.4 Å². The number of H-pyrrole nitrogens is 1. The summed E-state index contributed by atoms with van der Waals surface area (Å²) in [6.45, 7) is 4.09. The number of nitriles is 1. The van der Waals surface area contributed by atoms with Gasteiger partial charge in [-0.15, -0.1) is 0 Å². The van der Waals surface area contributed by atoms with E-state index in [2.05, 4.69) is 16.0 Å². The molecule has 0 unspecified atom stereocenters. The zero-order chi connectivity index (χ0) is 22.6. The first-order valence-corrected chi connectivity index (χ1v) is 10.2. The third-order valence-corrected chi connectivity index (χ3v) is 5.94. The van der Waals surface area contributed by atoms with E-state index in [9.17, 15) is 10.1 Å². The standard InChI is InChI=1S/C25H21N5O2/c1-14-9-19-20(10-15(14)2)28-24(27-19)17(13-26)11-18-6-8-23(32-18)16-5-7-21-22(12-16)30(4)25(31)29(21)3/h5-12H,1-4H3,(H,27,28). The highest BCUT2D eigenvalue weighted by Gasteiger charge is 2.13. The van der Waals surface area contributed by atoms with E-state index in [0.29, 0.717) is 22.9 Å². The second kappa shape index (κ2) is 7.13. The fraction of sp³-hybridized carbons (Fsp3) is 0.160. The second-order valence-electron chi connectivity index (χ2n) is 8.01. The van der Waals surface area contributed by atoms with E-state index in [0.717, 1.165) is 33.2 Å². The van der Waals surface area contributed by atoms with E-state index in [1.165, 1.54) is 5.56 Å². The van der Waals surface area contributed by atoms with E-state index < -0.39 is 0 Å². The van der Waals surface area contributed by atoms with Crippen LogP contribution in [-0.4, -0.2) is 19.1 Å². The van der Waals surface area contributed by atoms with Crippen LogP contribution >= 0.6 is 0 Å². The van der Waals surface area contributed by atoms with Gasteiger partial charge in [0.25, 0.3) is 0 Å². The van der Waals surface area contributed by atoms with Crippen molar-refractivity contribution in [3.05, 3.63) is 75.7 Å². The smallest absolute Gasteiger partial charge is 0.328 e. The number of aromatic amines is 1. The Balaban J connectivity index is 1.52. The first-order valence-electron chi connectivity index (χ1n) is 10.2. The minimum atomic E-state index is -0.0740. The van der Waals surface area contributed by atoms with Crippen LogP contribution < -0.4 is 5.69 Å². The van der Waals surface area contributed by atoms with Gasteiger partial charge >= 0.3 is 5.69 Å². The van der Waals surface area contributed by atoms with Crippen molar-refractivity contribution in [2.24, 2.45) is 14.1 Å². The molecule has 2 aromatic carbocycles. The SMILES string of the molecule is Cc1cc2nc(C(C#N)=Cc3ccc(-c4ccc5c(c4)n(C)c(=O)n5C)o3)[nH]c2cc1C. The van der Waals surface area contributed by atoms with Crippen molar-refractivity contribution in [2.45, 2.75) is 13.8 Å². The molecule has 3 aromatic heterocycles. The van der Waals surface area contributed by atoms with Gasteiger partial charge in [-0.25, -0.2) is 9.78 Å². The van der Waals surface area contributed by atoms with Gasteiger partial charge in [0.15, 0.2) is 0 Å². The predicted molar refractivity (Wildman–Crippen MR) is 125 cm³/mol. The average Bonchev–Trinajstić information content (AvgIpc) is 3.47. The molecule has 0 aliphatic heterocycles. The summed E-state index contributed by atoms with van der Waals surface area (Å²) in [5, 5.41) is 9.72. The van der Waals surface area contributed by atoms with Crippen LogP contribution in [0.3, 0.4) is 0 Å². The molecule has 5 rings (SSSR count). The van der Waals surface area contributed by atoms with Crippen LogP contribution in [0.2, 0.25) is 0 Å². The van der Waals surface area contributed by atoms with Gasteiger partial charge in [0.05, 0.1) is 27.6 Å². The number of nitrogens with zero attached hydrogens (tertiary/aromatic N) is 4. The second-order valence-corrected chi connectivity index (χ2v) is 8.01. The van der Waals surface area contributed by atoms with E-state index in [-0.39, 0.29) is 5.69 Å². The number of aryl methyl sites for hydroxylation is 4. The molecular weight excluding hydrogens is 402 g/mol. The molecule has 158 valence electrons. The summed E-state index contributed by atoms with van der Waals surface area (Å²) in [7, 11) is 3.50. The van der Waals surface area contributed by atoms with Crippen LogP contribution in [-0.2, 0) is 14.1 Å². The monoisotopic (exact) mass is 423 g/mol. The van der Waals surface area contributed by atoms with Gasteiger partial charge in [-0.1, -0.05) is 0 Å². The minimum Gasteiger partial charge on any atom is -0.457 e. The summed E-state index contributed by atoms with van der Waals surface area (Å²) >= 11 is 0. The maximum Gasteiger partial charge on any atom is 0.328 e. The average molecular weight is 423 g/mol. The molecule has 7 heteroatoms. The lowest BCUT2D eigenvalue weighted by Gasteiger charge is -2.00. The number of nitrogens with one attached hydrogen (secondary N) is 1. The van der Waals surface area contributed by atoms with Crippen molar-refractivity contribution in [1.82, 2.24) is 19.1 Å². The highest BCUT2D eigenvalue weighted by Crippen LogP contribution is 2.28. The number of fused-ring (bicyclic) bond motifs is 2. The first-order chi connectivity index (χ1) is 15.4. The summed E-state index contributed by atoms with van der Waals surface area (Å²) in [6.07, 6.45) is 1.68. The summed E-state index contributed by atoms with van der Waals surface area (Å²) in [4.78, 5) is 20.0. The predicted octanol–water partition coefficient (Wildman–Crippen LogP) is 4.69. The molecule has 3 heterocycles. The fourth-order valence-corrected chi connectivity index (χ4v) is 3.94. The van der Waals surface area contributed by atoms with Crippen LogP contribution in [0.4, 0.5) is 0 Å². The Labute approximate surface area is 183 Å². The normalized spacial score (nSPS) is 12.0. The molecular formula is C25H21N5O2. The summed E-state index contributed by atoms with van der Waals surface area (Å²) < 4.78 is 9.23. The van der Waals surface area contributed by atoms with Gasteiger partial charge < -0.3 is 9.40 Å². The Morgan fingerprint density at radius 2 is 1.81 bits per heavy atom. The third kappa shape index (κ3) is 3.05. The molecule has 0 saturated heterocycles. The maximum absolute atomic E-state index is 12.2. The lowest BCUT2D eigenvalue weighted by atomic mass is 10.1. The molecule has 0 radical (unpaired) electrons. The Morgan fingerprint density at radius 1 is 1.06 bits per heavy atom. The number of furan rings is 1. The van der Waals surface area contributed by atoms with Crippen molar-refractivity contribution >= 4 is 33.7 Å². The van der Waals surface area contributed by atoms with Crippen LogP contribution in [0.15, 0.2) is 51.7 Å². The van der Waals surface area contributed by atoms with E-state index in [1.54, 1.807) is 29.3 Å². The van der Waals surface area contributed by atoms with Crippen molar-refractivity contribution < 1.29 is 4.42 Å². The molecule has 7 nitrogen and oxygen atoms in total. The molecule has 0 saturated carbocycles. The van der Waals surface area contributed by atoms with E-state index >= 15 is 0 Å². The Kier molecular flexibility index (Phi) is 4.38. The van der Waals surface area contributed by atoms with Crippen molar-refractivity contribution in [3.8, 4) is 17.4 Å². The molecule has 0 spiro atoms. The number of hydrogen-bond acceptors (Lipinski definition) is 4. The van der Waals surface area contributed by atoms with Gasteiger partial charge in [-0.2, -0.15) is 5.26 Å². The van der Waals surface area contributed by atoms with Gasteiger partial charge in [0.1, 0.15) is 23.4 Å². The fourth-order valence-electron chi connectivity index (χ4n) is 3.94. The van der Waals surface area contributed by atoms with Crippen molar-refractivity contribution in [2.75, 3.05) is 0 Å². The Bertz CT molecular complexity index is 1610. The number of allylic oxidation sites excluding steroid dienone is 1. The number of hydrogen-bond donors (Lipinski definition) is 1. The van der Waals surface area contributed by atoms with Crippen molar-refractivity contribution in [1.29, 1.82) is 5.26 Å². The topological polar surface area (TPSA) is 92.5 Å². The Hall–Kier alpha value is -4.31. The lowest BCUT2D eigenvalue weighted by molar-refractivity contribution is 0.572. The summed E-state index contributed by atoms with van der Waals surface area (Å²) in [5.74, 6) is 1.71. The highest BCUT2D eigenvalue weighted by atomic mass is 16.3. The van der Waals surface area contributed by atoms with Crippen LogP contribution in [0, 0.1) is 25.2 Å². The molecule has 5 aromatic rings. The number of aromatic nitrogens is 4. The van der Waals surface area contributed by atoms with Gasteiger partial charge in [0.2, 0.25) is 0 Å². The Morgan fingerprint density at radius 3 is 2.59 bits per heavy atom. The number of benzene rings is 2. The quantitative estimate of drug-likeness (QED) is 0.426. The highest BCUT2D eigenvalue weighted by molar-refractivity contribution is 5.90. The third-order valence-electron chi connectivity index (χ3n) is 5.94. The molecule has 0 amide bonds. The molecule has 0 aliphatic carbocycles. The minimum absolute atomic E-state index is 0.0740. The molecule has 0 fully saturated rings. The lowest BCUT2D eigenvalue weighted by Crippen LogP contribution is -2.19. The van der Waals surface area contributed by atoms with Crippen LogP contribution in [0.5, 0.6) is 0 Å². The summed E-state index contributed by atoms with van der Waals surface area (Å²) in [5.41, 5.74) is 6.89. The van der Waals surface area contributed by atoms with Crippen molar-refractivity contribution in [3.63, 3.8) is 0 Å². The van der Waals surface area contributed by atoms with Gasteiger partial charge in [0, 0.05) is 25.7 Å². The molecule has 32 heavy (non-hydrogen) atoms. The van der Waals surface area contributed by atoms with Gasteiger partial charge in [-0.3, -0.25) is 9.13 Å².